The number of aryl methyl sites for hydroxylation is 2. The normalized spacial score (nSPS) is 12.9. The number of amides is 1. The number of H-pyrrole nitrogens is 1. The number of nitrogens with zero attached hydrogens (tertiary/aromatic N) is 4. The molecule has 25 heavy (non-hydrogen) atoms. The van der Waals surface area contributed by atoms with Gasteiger partial charge in [0, 0.05) is 0 Å². The van der Waals surface area contributed by atoms with Crippen LogP contribution in [0.15, 0.2) is 0 Å². The summed E-state index contributed by atoms with van der Waals surface area (Å²) in [6.07, 6.45) is -4.74. The van der Waals surface area contributed by atoms with Crippen LogP contribution in [-0.4, -0.2) is 30.8 Å². The first-order chi connectivity index (χ1) is 11.4. The lowest BCUT2D eigenvalue weighted by Gasteiger charge is -2.15. The molecular formula is C13H15F3N6O3. The van der Waals surface area contributed by atoms with Crippen LogP contribution in [0, 0.1) is 30.9 Å². The molecule has 1 unspecified atom stereocenters. The third-order valence-corrected chi connectivity index (χ3v) is 3.68. The molecule has 2 heterocycles. The predicted molar refractivity (Wildman–Crippen MR) is 80.0 cm³/mol. The summed E-state index contributed by atoms with van der Waals surface area (Å²) < 4.78 is 39.9. The van der Waals surface area contributed by atoms with Crippen LogP contribution in [-0.2, 0) is 11.0 Å². The van der Waals surface area contributed by atoms with E-state index in [0.29, 0.717) is 0 Å². The van der Waals surface area contributed by atoms with Gasteiger partial charge in [0.2, 0.25) is 5.91 Å². The number of nitrogens with one attached hydrogen (secondary N) is 2. The van der Waals surface area contributed by atoms with Gasteiger partial charge in [0.25, 0.3) is 0 Å². The number of hydrogen-bond donors (Lipinski definition) is 2. The molecule has 0 aliphatic carbocycles. The van der Waals surface area contributed by atoms with Gasteiger partial charge in [-0.15, -0.1) is 0 Å². The van der Waals surface area contributed by atoms with E-state index in [4.69, 9.17) is 0 Å². The smallest absolute Gasteiger partial charge is 0.321 e. The molecule has 0 aliphatic rings. The number of aromatic amines is 1. The van der Waals surface area contributed by atoms with E-state index >= 15 is 0 Å². The first-order valence-electron chi connectivity index (χ1n) is 7.08. The van der Waals surface area contributed by atoms with E-state index in [9.17, 15) is 28.1 Å². The highest BCUT2D eigenvalue weighted by Crippen LogP contribution is 2.35. The van der Waals surface area contributed by atoms with Crippen molar-refractivity contribution < 1.29 is 22.9 Å². The summed E-state index contributed by atoms with van der Waals surface area (Å²) >= 11 is 0. The largest absolute Gasteiger partial charge is 0.437 e. The SMILES string of the molecule is Cc1nn(C(C)C(=O)Nc2c(C(F)(F)F)n[nH]c2C)c(C)c1[N+](=O)[O-]. The number of nitro groups is 1. The Kier molecular flexibility index (Phi) is 4.55. The van der Waals surface area contributed by atoms with Gasteiger partial charge in [-0.05, 0) is 27.7 Å². The van der Waals surface area contributed by atoms with Gasteiger partial charge in [0.05, 0.1) is 16.3 Å². The maximum absolute atomic E-state index is 12.9. The Labute approximate surface area is 139 Å². The molecule has 1 atom stereocenters. The lowest BCUT2D eigenvalue weighted by molar-refractivity contribution is -0.386. The van der Waals surface area contributed by atoms with E-state index in [2.05, 4.69) is 20.6 Å². The first kappa shape index (κ1) is 18.4. The lowest BCUT2D eigenvalue weighted by atomic mass is 10.2. The summed E-state index contributed by atoms with van der Waals surface area (Å²) in [6.45, 7) is 5.53. The summed E-state index contributed by atoms with van der Waals surface area (Å²) in [5.74, 6) is -0.810. The fourth-order valence-corrected chi connectivity index (χ4v) is 2.42. The third-order valence-electron chi connectivity index (χ3n) is 3.68. The van der Waals surface area contributed by atoms with Gasteiger partial charge < -0.3 is 5.32 Å². The minimum absolute atomic E-state index is 0.0345. The highest BCUT2D eigenvalue weighted by Gasteiger charge is 2.38. The summed E-state index contributed by atoms with van der Waals surface area (Å²) in [5, 5.41) is 22.5. The number of aromatic nitrogens is 4. The zero-order valence-corrected chi connectivity index (χ0v) is 13.7. The molecule has 9 nitrogen and oxygen atoms in total. The van der Waals surface area contributed by atoms with Gasteiger partial charge in [-0.2, -0.15) is 23.4 Å². The van der Waals surface area contributed by atoms with Gasteiger partial charge in [-0.3, -0.25) is 24.7 Å². The van der Waals surface area contributed by atoms with Crippen LogP contribution in [0.4, 0.5) is 24.5 Å². The Morgan fingerprint density at radius 1 is 1.36 bits per heavy atom. The number of halogens is 3. The molecule has 0 aromatic carbocycles. The molecule has 136 valence electrons. The molecule has 2 aromatic rings. The van der Waals surface area contributed by atoms with Gasteiger partial charge in [-0.25, -0.2) is 0 Å². The zero-order chi connectivity index (χ0) is 19.1. The number of rotatable bonds is 4. The van der Waals surface area contributed by atoms with Crippen LogP contribution < -0.4 is 5.32 Å². The average molecular weight is 360 g/mol. The molecule has 2 rings (SSSR count). The van der Waals surface area contributed by atoms with Crippen molar-refractivity contribution in [1.82, 2.24) is 20.0 Å². The van der Waals surface area contributed by atoms with Crippen LogP contribution >= 0.6 is 0 Å². The molecule has 12 heteroatoms. The quantitative estimate of drug-likeness (QED) is 0.642. The second-order valence-electron chi connectivity index (χ2n) is 5.46. The van der Waals surface area contributed by atoms with Crippen molar-refractivity contribution in [2.45, 2.75) is 39.9 Å². The van der Waals surface area contributed by atoms with Crippen molar-refractivity contribution in [3.05, 3.63) is 32.9 Å². The van der Waals surface area contributed by atoms with E-state index in [-0.39, 0.29) is 22.8 Å². The van der Waals surface area contributed by atoms with Gasteiger partial charge in [0.15, 0.2) is 5.69 Å². The Hall–Kier alpha value is -2.92. The monoisotopic (exact) mass is 360 g/mol. The average Bonchev–Trinajstić information content (AvgIpc) is 2.98. The second kappa shape index (κ2) is 6.18. The third kappa shape index (κ3) is 3.32. The highest BCUT2D eigenvalue weighted by atomic mass is 19.4. The molecule has 2 N–H and O–H groups in total. The summed E-state index contributed by atoms with van der Waals surface area (Å²) in [4.78, 5) is 22.7. The van der Waals surface area contributed by atoms with Gasteiger partial charge in [0.1, 0.15) is 17.4 Å². The molecule has 0 bridgehead atoms. The fourth-order valence-electron chi connectivity index (χ4n) is 2.42. The number of hydrogen-bond acceptors (Lipinski definition) is 5. The van der Waals surface area contributed by atoms with E-state index < -0.39 is 34.4 Å². The van der Waals surface area contributed by atoms with E-state index in [1.54, 1.807) is 0 Å². The van der Waals surface area contributed by atoms with Crippen molar-refractivity contribution in [3.8, 4) is 0 Å². The van der Waals surface area contributed by atoms with Crippen molar-refractivity contribution in [2.24, 2.45) is 0 Å². The highest BCUT2D eigenvalue weighted by molar-refractivity contribution is 5.94. The topological polar surface area (TPSA) is 119 Å². The maximum atomic E-state index is 12.9. The van der Waals surface area contributed by atoms with Crippen LogP contribution in [0.25, 0.3) is 0 Å². The molecule has 0 saturated heterocycles. The first-order valence-corrected chi connectivity index (χ1v) is 7.08. The van der Waals surface area contributed by atoms with Crippen LogP contribution in [0.2, 0.25) is 0 Å². The molecular weight excluding hydrogens is 345 g/mol. The van der Waals surface area contributed by atoms with Crippen molar-refractivity contribution in [3.63, 3.8) is 0 Å². The number of alkyl halides is 3. The molecule has 0 radical (unpaired) electrons. The van der Waals surface area contributed by atoms with Gasteiger partial charge in [-0.1, -0.05) is 0 Å². The zero-order valence-electron chi connectivity index (χ0n) is 13.7. The Morgan fingerprint density at radius 2 is 1.96 bits per heavy atom. The van der Waals surface area contributed by atoms with Crippen molar-refractivity contribution >= 4 is 17.3 Å². The summed E-state index contributed by atoms with van der Waals surface area (Å²) in [7, 11) is 0. The second-order valence-corrected chi connectivity index (χ2v) is 5.46. The summed E-state index contributed by atoms with van der Waals surface area (Å²) in [5.41, 5.74) is -1.70. The molecule has 0 aliphatic heterocycles. The Morgan fingerprint density at radius 3 is 2.44 bits per heavy atom. The van der Waals surface area contributed by atoms with Gasteiger partial charge >= 0.3 is 11.9 Å². The fraction of sp³-hybridized carbons (Fsp3) is 0.462. The minimum atomic E-state index is -4.74. The Balaban J connectivity index is 2.33. The van der Waals surface area contributed by atoms with Crippen LogP contribution in [0.3, 0.4) is 0 Å². The van der Waals surface area contributed by atoms with Crippen LogP contribution in [0.1, 0.15) is 35.7 Å². The standard InChI is InChI=1S/C13H15F3N6O3/c1-5-9(11(19-18-5)13(14,15)16)17-12(23)8(4)21-7(3)10(22(24)25)6(2)20-21/h8H,1-4H3,(H,17,23)(H,18,19). The molecule has 0 spiro atoms. The minimum Gasteiger partial charge on any atom is -0.321 e. The van der Waals surface area contributed by atoms with E-state index in [0.717, 1.165) is 4.68 Å². The molecule has 0 fully saturated rings. The molecule has 0 saturated carbocycles. The summed E-state index contributed by atoms with van der Waals surface area (Å²) in [6, 6.07) is -1.07. The Bertz CT molecular complexity index is 839. The number of carbonyl (C=O) groups excluding carboxylic acids is 1. The number of anilines is 1. The van der Waals surface area contributed by atoms with E-state index in [1.807, 2.05) is 0 Å². The number of carbonyl (C=O) groups is 1. The maximum Gasteiger partial charge on any atom is 0.437 e. The molecule has 2 aromatic heterocycles. The van der Waals surface area contributed by atoms with Crippen molar-refractivity contribution in [2.75, 3.05) is 5.32 Å². The van der Waals surface area contributed by atoms with E-state index in [1.165, 1.54) is 27.7 Å². The van der Waals surface area contributed by atoms with Crippen LogP contribution in [0.5, 0.6) is 0 Å². The predicted octanol–water partition coefficient (Wildman–Crippen LogP) is 2.66. The molecule has 1 amide bonds. The lowest BCUT2D eigenvalue weighted by Crippen LogP contribution is -2.26. The van der Waals surface area contributed by atoms with Crippen molar-refractivity contribution in [1.29, 1.82) is 0 Å².